The van der Waals surface area contributed by atoms with Gasteiger partial charge in [-0.25, -0.2) is 8.42 Å². The van der Waals surface area contributed by atoms with E-state index in [0.717, 1.165) is 0 Å². The molecule has 1 aliphatic rings. The second-order valence-electron chi connectivity index (χ2n) is 4.81. The van der Waals surface area contributed by atoms with E-state index in [9.17, 15) is 8.42 Å². The zero-order valence-electron chi connectivity index (χ0n) is 11.5. The van der Waals surface area contributed by atoms with E-state index in [4.69, 9.17) is 4.74 Å². The molecule has 0 amide bonds. The summed E-state index contributed by atoms with van der Waals surface area (Å²) in [5.41, 5.74) is 0.619. The molecule has 0 bridgehead atoms. The molecule has 0 saturated carbocycles. The van der Waals surface area contributed by atoms with Crippen molar-refractivity contribution in [3.63, 3.8) is 0 Å². The molecule has 0 spiro atoms. The van der Waals surface area contributed by atoms with Gasteiger partial charge in [-0.2, -0.15) is 4.31 Å². The van der Waals surface area contributed by atoms with Gasteiger partial charge in [0, 0.05) is 19.6 Å². The van der Waals surface area contributed by atoms with Crippen molar-refractivity contribution in [3.8, 4) is 0 Å². The maximum Gasteiger partial charge on any atom is 0.245 e. The smallest absolute Gasteiger partial charge is 0.245 e. The largest absolute Gasteiger partial charge is 0.387 e. The highest BCUT2D eigenvalue weighted by molar-refractivity contribution is 7.89. The Morgan fingerprint density at radius 3 is 2.68 bits per heavy atom. The molecular weight excluding hydrogens is 264 g/mol. The minimum Gasteiger partial charge on any atom is -0.387 e. The standard InChI is InChI=1S/C13H20N2O3S/c1-10-9-18-11(2)8-15(10)19(16,17)13-7-5-4-6-12(13)14-3/h4-7,10-11,14H,8-9H2,1-3H3. The van der Waals surface area contributed by atoms with Gasteiger partial charge in [0.1, 0.15) is 4.90 Å². The molecule has 6 heteroatoms. The van der Waals surface area contributed by atoms with Gasteiger partial charge in [-0.05, 0) is 26.0 Å². The summed E-state index contributed by atoms with van der Waals surface area (Å²) in [6.45, 7) is 4.58. The Morgan fingerprint density at radius 2 is 2.00 bits per heavy atom. The van der Waals surface area contributed by atoms with Crippen molar-refractivity contribution in [2.24, 2.45) is 0 Å². The Hall–Kier alpha value is -1.11. The second kappa shape index (κ2) is 5.48. The summed E-state index contributed by atoms with van der Waals surface area (Å²) in [6.07, 6.45) is -0.0762. The molecule has 0 aliphatic carbocycles. The van der Waals surface area contributed by atoms with Crippen LogP contribution >= 0.6 is 0 Å². The van der Waals surface area contributed by atoms with Crippen molar-refractivity contribution in [3.05, 3.63) is 24.3 Å². The lowest BCUT2D eigenvalue weighted by molar-refractivity contribution is -0.0170. The number of nitrogens with one attached hydrogen (secondary N) is 1. The number of morpholine rings is 1. The Balaban J connectivity index is 2.41. The van der Waals surface area contributed by atoms with Crippen LogP contribution in [0.3, 0.4) is 0 Å². The van der Waals surface area contributed by atoms with Gasteiger partial charge in [0.05, 0.1) is 18.4 Å². The maximum absolute atomic E-state index is 12.8. The van der Waals surface area contributed by atoms with Gasteiger partial charge in [-0.3, -0.25) is 0 Å². The summed E-state index contributed by atoms with van der Waals surface area (Å²) in [6, 6.07) is 6.81. The highest BCUT2D eigenvalue weighted by atomic mass is 32.2. The van der Waals surface area contributed by atoms with E-state index in [-0.39, 0.29) is 12.1 Å². The average molecular weight is 284 g/mol. The third kappa shape index (κ3) is 2.75. The first-order valence-corrected chi connectivity index (χ1v) is 7.81. The molecule has 1 aliphatic heterocycles. The van der Waals surface area contributed by atoms with Gasteiger partial charge in [-0.1, -0.05) is 12.1 Å². The summed E-state index contributed by atoms with van der Waals surface area (Å²) < 4.78 is 32.5. The molecule has 1 saturated heterocycles. The van der Waals surface area contributed by atoms with Gasteiger partial charge in [0.2, 0.25) is 10.0 Å². The first-order chi connectivity index (χ1) is 8.96. The molecule has 5 nitrogen and oxygen atoms in total. The SMILES string of the molecule is CNc1ccccc1S(=O)(=O)N1CC(C)OCC1C. The number of ether oxygens (including phenoxy) is 1. The average Bonchev–Trinajstić information content (AvgIpc) is 2.41. The van der Waals surface area contributed by atoms with E-state index in [0.29, 0.717) is 23.7 Å². The van der Waals surface area contributed by atoms with Crippen LogP contribution < -0.4 is 5.32 Å². The van der Waals surface area contributed by atoms with Crippen LogP contribution in [0.5, 0.6) is 0 Å². The molecular formula is C13H20N2O3S. The number of rotatable bonds is 3. The van der Waals surface area contributed by atoms with Crippen LogP contribution in [0.15, 0.2) is 29.2 Å². The number of para-hydroxylation sites is 1. The highest BCUT2D eigenvalue weighted by Crippen LogP contribution is 2.27. The first-order valence-electron chi connectivity index (χ1n) is 6.37. The van der Waals surface area contributed by atoms with Gasteiger partial charge in [0.25, 0.3) is 0 Å². The summed E-state index contributed by atoms with van der Waals surface area (Å²) in [4.78, 5) is 0.318. The van der Waals surface area contributed by atoms with Crippen LogP contribution in [-0.2, 0) is 14.8 Å². The molecule has 1 N–H and O–H groups in total. The summed E-state index contributed by atoms with van der Waals surface area (Å²) in [5, 5.41) is 2.93. The topological polar surface area (TPSA) is 58.6 Å². The van der Waals surface area contributed by atoms with Crippen molar-refractivity contribution in [2.75, 3.05) is 25.5 Å². The lowest BCUT2D eigenvalue weighted by Gasteiger charge is -2.36. The Morgan fingerprint density at radius 1 is 1.32 bits per heavy atom. The monoisotopic (exact) mass is 284 g/mol. The van der Waals surface area contributed by atoms with Gasteiger partial charge in [0.15, 0.2) is 0 Å². The highest BCUT2D eigenvalue weighted by Gasteiger charge is 2.35. The van der Waals surface area contributed by atoms with Gasteiger partial charge >= 0.3 is 0 Å². The van der Waals surface area contributed by atoms with Crippen molar-refractivity contribution in [1.82, 2.24) is 4.31 Å². The minimum absolute atomic E-state index is 0.0762. The van der Waals surface area contributed by atoms with Crippen LogP contribution in [0.1, 0.15) is 13.8 Å². The number of sulfonamides is 1. The maximum atomic E-state index is 12.8. The van der Waals surface area contributed by atoms with E-state index in [2.05, 4.69) is 5.32 Å². The van der Waals surface area contributed by atoms with Crippen molar-refractivity contribution < 1.29 is 13.2 Å². The van der Waals surface area contributed by atoms with Gasteiger partial charge in [-0.15, -0.1) is 0 Å². The zero-order chi connectivity index (χ0) is 14.0. The molecule has 2 unspecified atom stereocenters. The van der Waals surface area contributed by atoms with E-state index in [1.807, 2.05) is 19.9 Å². The summed E-state index contributed by atoms with van der Waals surface area (Å²) >= 11 is 0. The fourth-order valence-electron chi connectivity index (χ4n) is 2.23. The lowest BCUT2D eigenvalue weighted by Crippen LogP contribution is -2.50. The molecule has 1 aromatic rings. The van der Waals surface area contributed by atoms with E-state index >= 15 is 0 Å². The van der Waals surface area contributed by atoms with Crippen molar-refractivity contribution >= 4 is 15.7 Å². The summed E-state index contributed by atoms with van der Waals surface area (Å²) in [5.74, 6) is 0. The second-order valence-corrected chi connectivity index (χ2v) is 6.67. The Bertz CT molecular complexity index is 545. The number of hydrogen-bond donors (Lipinski definition) is 1. The molecule has 0 aromatic heterocycles. The fourth-order valence-corrected chi connectivity index (χ4v) is 4.12. The number of nitrogens with zero attached hydrogens (tertiary/aromatic N) is 1. The molecule has 0 radical (unpaired) electrons. The first kappa shape index (κ1) is 14.3. The lowest BCUT2D eigenvalue weighted by atomic mass is 10.2. The molecule has 106 valence electrons. The molecule has 2 atom stereocenters. The number of benzene rings is 1. The van der Waals surface area contributed by atoms with Crippen molar-refractivity contribution in [2.45, 2.75) is 30.9 Å². The van der Waals surface area contributed by atoms with Crippen LogP contribution in [0.2, 0.25) is 0 Å². The minimum atomic E-state index is -3.50. The Kier molecular flexibility index (Phi) is 4.13. The molecule has 1 heterocycles. The quantitative estimate of drug-likeness (QED) is 0.914. The third-order valence-corrected chi connectivity index (χ3v) is 5.33. The fraction of sp³-hybridized carbons (Fsp3) is 0.538. The molecule has 2 rings (SSSR count). The van der Waals surface area contributed by atoms with Gasteiger partial charge < -0.3 is 10.1 Å². The predicted octanol–water partition coefficient (Wildman–Crippen LogP) is 1.53. The van der Waals surface area contributed by atoms with Crippen LogP contribution in [0.4, 0.5) is 5.69 Å². The Labute approximate surface area is 114 Å². The van der Waals surface area contributed by atoms with Crippen LogP contribution in [0.25, 0.3) is 0 Å². The molecule has 1 fully saturated rings. The zero-order valence-corrected chi connectivity index (χ0v) is 12.3. The van der Waals surface area contributed by atoms with E-state index in [1.165, 1.54) is 4.31 Å². The van der Waals surface area contributed by atoms with E-state index < -0.39 is 10.0 Å². The summed E-state index contributed by atoms with van der Waals surface area (Å²) in [7, 11) is -1.77. The normalized spacial score (nSPS) is 25.2. The molecule has 19 heavy (non-hydrogen) atoms. The van der Waals surface area contributed by atoms with Crippen molar-refractivity contribution in [1.29, 1.82) is 0 Å². The van der Waals surface area contributed by atoms with Crippen LogP contribution in [-0.4, -0.2) is 45.1 Å². The number of hydrogen-bond acceptors (Lipinski definition) is 4. The molecule has 1 aromatic carbocycles. The van der Waals surface area contributed by atoms with E-state index in [1.54, 1.807) is 25.2 Å². The van der Waals surface area contributed by atoms with Crippen LogP contribution in [0, 0.1) is 0 Å². The predicted molar refractivity (Wildman–Crippen MR) is 74.8 cm³/mol. The number of anilines is 1. The third-order valence-electron chi connectivity index (χ3n) is 3.29.